The molecule has 1 amide bonds. The van der Waals surface area contributed by atoms with Crippen molar-refractivity contribution in [2.24, 2.45) is 0 Å². The van der Waals surface area contributed by atoms with Crippen LogP contribution >= 0.6 is 15.9 Å². The fraction of sp³-hybridized carbons (Fsp3) is 0.333. The summed E-state index contributed by atoms with van der Waals surface area (Å²) in [6.07, 6.45) is -0.632. The van der Waals surface area contributed by atoms with Crippen LogP contribution in [-0.2, 0) is 11.3 Å². The number of carbonyl (C=O) groups is 1. The van der Waals surface area contributed by atoms with Crippen molar-refractivity contribution in [3.05, 3.63) is 40.5 Å². The fourth-order valence-corrected chi connectivity index (χ4v) is 2.24. The van der Waals surface area contributed by atoms with E-state index in [1.807, 2.05) is 43.3 Å². The molecule has 0 aliphatic rings. The fourth-order valence-electron chi connectivity index (χ4n) is 1.86. The molecule has 2 rings (SSSR count). The zero-order valence-corrected chi connectivity index (χ0v) is 14.3. The van der Waals surface area contributed by atoms with E-state index in [-0.39, 0.29) is 5.91 Å². The molecule has 0 radical (unpaired) electrons. The van der Waals surface area contributed by atoms with Crippen molar-refractivity contribution in [1.29, 1.82) is 0 Å². The first-order valence-electron chi connectivity index (χ1n) is 6.87. The number of nitrogens with one attached hydrogen (secondary N) is 2. The van der Waals surface area contributed by atoms with Gasteiger partial charge in [-0.2, -0.15) is 5.10 Å². The highest BCUT2D eigenvalue weighted by atomic mass is 79.9. The summed E-state index contributed by atoms with van der Waals surface area (Å²) >= 11 is 3.39. The van der Waals surface area contributed by atoms with Crippen LogP contribution in [0.15, 0.2) is 34.8 Å². The minimum atomic E-state index is -0.632. The highest BCUT2D eigenvalue weighted by Gasteiger charge is 2.17. The van der Waals surface area contributed by atoms with Crippen LogP contribution in [0.1, 0.15) is 12.6 Å². The molecule has 0 bridgehead atoms. The number of amides is 1. The molecule has 118 valence electrons. The lowest BCUT2D eigenvalue weighted by Gasteiger charge is -2.14. The van der Waals surface area contributed by atoms with Crippen LogP contribution in [0.4, 0.5) is 5.82 Å². The number of hydrogen-bond donors (Lipinski definition) is 2. The van der Waals surface area contributed by atoms with Crippen LogP contribution in [0.5, 0.6) is 5.75 Å². The van der Waals surface area contributed by atoms with E-state index in [1.54, 1.807) is 13.0 Å². The molecule has 0 spiro atoms. The number of anilines is 1. The molecule has 22 heavy (non-hydrogen) atoms. The van der Waals surface area contributed by atoms with E-state index in [0.717, 1.165) is 16.7 Å². The number of hydrogen-bond acceptors (Lipinski definition) is 4. The largest absolute Gasteiger partial charge is 0.480 e. The van der Waals surface area contributed by atoms with Gasteiger partial charge in [0.15, 0.2) is 11.9 Å². The Morgan fingerprint density at radius 3 is 2.86 bits per heavy atom. The van der Waals surface area contributed by atoms with Crippen molar-refractivity contribution in [2.45, 2.75) is 19.6 Å². The van der Waals surface area contributed by atoms with Gasteiger partial charge in [0.05, 0.1) is 10.2 Å². The molecule has 0 aliphatic carbocycles. The van der Waals surface area contributed by atoms with Gasteiger partial charge in [0, 0.05) is 12.6 Å². The number of rotatable bonds is 6. The van der Waals surface area contributed by atoms with Crippen molar-refractivity contribution < 1.29 is 9.53 Å². The standard InChI is InChI=1S/C15H19BrN4O2/c1-10(22-13-7-5-4-6-12(13)16)15(21)17-14-8-11(18-19-14)9-20(2)3/h4-8,10H,9H2,1-3H3,(H2,17,18,19,21). The lowest BCUT2D eigenvalue weighted by Crippen LogP contribution is -2.30. The van der Waals surface area contributed by atoms with E-state index >= 15 is 0 Å². The van der Waals surface area contributed by atoms with Crippen molar-refractivity contribution in [1.82, 2.24) is 15.1 Å². The first-order valence-corrected chi connectivity index (χ1v) is 7.66. The maximum atomic E-state index is 12.1. The van der Waals surface area contributed by atoms with Gasteiger partial charge in [-0.05, 0) is 49.1 Å². The summed E-state index contributed by atoms with van der Waals surface area (Å²) in [7, 11) is 3.93. The Bertz CT molecular complexity index is 642. The lowest BCUT2D eigenvalue weighted by molar-refractivity contribution is -0.122. The number of benzene rings is 1. The van der Waals surface area contributed by atoms with Crippen LogP contribution in [0.2, 0.25) is 0 Å². The Kier molecular flexibility index (Phi) is 5.57. The zero-order valence-electron chi connectivity index (χ0n) is 12.8. The Labute approximate surface area is 138 Å². The van der Waals surface area contributed by atoms with Crippen molar-refractivity contribution in [3.63, 3.8) is 0 Å². The second-order valence-corrected chi connectivity index (χ2v) is 6.05. The molecule has 1 unspecified atom stereocenters. The summed E-state index contributed by atoms with van der Waals surface area (Å²) < 4.78 is 6.45. The van der Waals surface area contributed by atoms with Gasteiger partial charge in [0.2, 0.25) is 0 Å². The summed E-state index contributed by atoms with van der Waals surface area (Å²) in [6, 6.07) is 9.21. The monoisotopic (exact) mass is 366 g/mol. The average molecular weight is 367 g/mol. The third-order valence-electron chi connectivity index (χ3n) is 2.88. The predicted octanol–water partition coefficient (Wildman–Crippen LogP) is 2.64. The number of aromatic amines is 1. The van der Waals surface area contributed by atoms with Gasteiger partial charge >= 0.3 is 0 Å². The smallest absolute Gasteiger partial charge is 0.266 e. The molecule has 0 saturated carbocycles. The third-order valence-corrected chi connectivity index (χ3v) is 3.53. The molecule has 2 N–H and O–H groups in total. The van der Waals surface area contributed by atoms with Crippen LogP contribution in [0, 0.1) is 0 Å². The highest BCUT2D eigenvalue weighted by molar-refractivity contribution is 9.10. The molecule has 7 heteroatoms. The van der Waals surface area contributed by atoms with E-state index in [4.69, 9.17) is 4.74 Å². The minimum absolute atomic E-state index is 0.251. The van der Waals surface area contributed by atoms with Gasteiger partial charge in [-0.3, -0.25) is 9.89 Å². The summed E-state index contributed by atoms with van der Waals surface area (Å²) in [6.45, 7) is 2.42. The molecular formula is C15H19BrN4O2. The molecule has 0 saturated heterocycles. The maximum Gasteiger partial charge on any atom is 0.266 e. The van der Waals surface area contributed by atoms with Crippen molar-refractivity contribution >= 4 is 27.7 Å². The molecule has 1 aromatic heterocycles. The van der Waals surface area contributed by atoms with Crippen molar-refractivity contribution in [2.75, 3.05) is 19.4 Å². The van der Waals surface area contributed by atoms with Gasteiger partial charge in [0.25, 0.3) is 5.91 Å². The lowest BCUT2D eigenvalue weighted by atomic mass is 10.3. The number of nitrogens with zero attached hydrogens (tertiary/aromatic N) is 2. The second-order valence-electron chi connectivity index (χ2n) is 5.20. The summed E-state index contributed by atoms with van der Waals surface area (Å²) in [5.41, 5.74) is 0.930. The first kappa shape index (κ1) is 16.5. The van der Waals surface area contributed by atoms with E-state index < -0.39 is 6.10 Å². The number of aromatic nitrogens is 2. The van der Waals surface area contributed by atoms with E-state index in [9.17, 15) is 4.79 Å². The maximum absolute atomic E-state index is 12.1. The molecule has 0 aliphatic heterocycles. The highest BCUT2D eigenvalue weighted by Crippen LogP contribution is 2.25. The Hall–Kier alpha value is -1.86. The van der Waals surface area contributed by atoms with Crippen LogP contribution < -0.4 is 10.1 Å². The normalized spacial score (nSPS) is 12.2. The molecule has 2 aromatic rings. The van der Waals surface area contributed by atoms with E-state index in [0.29, 0.717) is 11.6 Å². The van der Waals surface area contributed by atoms with E-state index in [2.05, 4.69) is 31.4 Å². The van der Waals surface area contributed by atoms with Gasteiger partial charge in [-0.1, -0.05) is 12.1 Å². The molecule has 1 aromatic carbocycles. The van der Waals surface area contributed by atoms with Gasteiger partial charge < -0.3 is 15.0 Å². The molecule has 0 fully saturated rings. The topological polar surface area (TPSA) is 70.2 Å². The number of para-hydroxylation sites is 1. The average Bonchev–Trinajstić information content (AvgIpc) is 2.87. The molecule has 6 nitrogen and oxygen atoms in total. The van der Waals surface area contributed by atoms with Crippen LogP contribution in [0.25, 0.3) is 0 Å². The zero-order chi connectivity index (χ0) is 16.1. The minimum Gasteiger partial charge on any atom is -0.480 e. The first-order chi connectivity index (χ1) is 10.5. The van der Waals surface area contributed by atoms with Crippen LogP contribution in [0.3, 0.4) is 0 Å². The number of carbonyl (C=O) groups excluding carboxylic acids is 1. The van der Waals surface area contributed by atoms with Gasteiger partial charge in [-0.25, -0.2) is 0 Å². The Morgan fingerprint density at radius 1 is 1.45 bits per heavy atom. The predicted molar refractivity (Wildman–Crippen MR) is 88.8 cm³/mol. The SMILES string of the molecule is CC(Oc1ccccc1Br)C(=O)Nc1cc(CN(C)C)[nH]n1. The second kappa shape index (κ2) is 7.42. The van der Waals surface area contributed by atoms with Crippen LogP contribution in [-0.4, -0.2) is 41.2 Å². The molecule has 1 heterocycles. The number of ether oxygens (including phenoxy) is 1. The number of H-pyrrole nitrogens is 1. The Balaban J connectivity index is 1.94. The number of halogens is 1. The molecular weight excluding hydrogens is 348 g/mol. The Morgan fingerprint density at radius 2 is 2.18 bits per heavy atom. The summed E-state index contributed by atoms with van der Waals surface area (Å²) in [5, 5.41) is 9.69. The molecule has 1 atom stereocenters. The van der Waals surface area contributed by atoms with Gasteiger partial charge in [-0.15, -0.1) is 0 Å². The van der Waals surface area contributed by atoms with Crippen molar-refractivity contribution in [3.8, 4) is 5.75 Å². The van der Waals surface area contributed by atoms with Gasteiger partial charge in [0.1, 0.15) is 5.75 Å². The summed E-state index contributed by atoms with van der Waals surface area (Å²) in [4.78, 5) is 14.2. The quantitative estimate of drug-likeness (QED) is 0.824. The van der Waals surface area contributed by atoms with E-state index in [1.165, 1.54) is 0 Å². The third kappa shape index (κ3) is 4.57. The summed E-state index contributed by atoms with van der Waals surface area (Å²) in [5.74, 6) is 0.864.